The van der Waals surface area contributed by atoms with Gasteiger partial charge in [-0.1, -0.05) is 60.6 Å². The number of ether oxygens (including phenoxy) is 1. The van der Waals surface area contributed by atoms with Crippen LogP contribution in [-0.4, -0.2) is 44.0 Å². The Morgan fingerprint density at radius 1 is 0.837 bits per heavy atom. The number of oxazole rings is 1. The van der Waals surface area contributed by atoms with E-state index < -0.39 is 31.7 Å². The highest BCUT2D eigenvalue weighted by Crippen LogP contribution is 2.43. The third-order valence-electron chi connectivity index (χ3n) is 9.87. The van der Waals surface area contributed by atoms with Gasteiger partial charge in [-0.05, 0) is 84.3 Å². The number of benzene rings is 2. The van der Waals surface area contributed by atoms with E-state index in [1.807, 2.05) is 40.7 Å². The fourth-order valence-electron chi connectivity index (χ4n) is 5.79. The number of aryl methyl sites for hydroxylation is 1. The Kier molecular flexibility index (Phi) is 12.1. The van der Waals surface area contributed by atoms with E-state index in [0.717, 1.165) is 40.7 Å². The maximum Gasteiger partial charge on any atom is 0.374 e. The predicted molar refractivity (Wildman–Crippen MR) is 191 cm³/mol. The van der Waals surface area contributed by atoms with E-state index in [0.29, 0.717) is 55.5 Å². The summed E-state index contributed by atoms with van der Waals surface area (Å²) in [6, 6.07) is 12.4. The Labute approximate surface area is 292 Å². The fourth-order valence-corrected chi connectivity index (χ4v) is 6.90. The average Bonchev–Trinajstić information content (AvgIpc) is 3.55. The van der Waals surface area contributed by atoms with Gasteiger partial charge in [0.1, 0.15) is 0 Å². The molecule has 12 heteroatoms. The van der Waals surface area contributed by atoms with Crippen molar-refractivity contribution in [2.24, 2.45) is 0 Å². The van der Waals surface area contributed by atoms with E-state index in [9.17, 15) is 25.9 Å². The number of hydrogen-bond acceptors (Lipinski definition) is 9. The van der Waals surface area contributed by atoms with Gasteiger partial charge in [-0.3, -0.25) is 0 Å². The lowest BCUT2D eigenvalue weighted by atomic mass is 9.82. The van der Waals surface area contributed by atoms with Crippen LogP contribution in [-0.2, 0) is 37.6 Å². The van der Waals surface area contributed by atoms with Crippen molar-refractivity contribution in [3.8, 4) is 5.75 Å². The van der Waals surface area contributed by atoms with Crippen LogP contribution in [0, 0.1) is 0 Å². The summed E-state index contributed by atoms with van der Waals surface area (Å²) in [4.78, 5) is 2.04. The molecule has 2 heterocycles. The summed E-state index contributed by atoms with van der Waals surface area (Å²) in [5.41, 5.74) is 5.61. The lowest BCUT2D eigenvalue weighted by molar-refractivity contribution is -0.678. The van der Waals surface area contributed by atoms with Crippen molar-refractivity contribution in [1.29, 1.82) is 0 Å². The highest BCUT2D eigenvalue weighted by atomic mass is 32.2. The first-order valence-electron chi connectivity index (χ1n) is 17.2. The SMILES string of the molecule is CCC(=Cc1oc2ccc(C(C)(C)CC)cc2[n+]1CCCCS(=O)(=O)[O-])C=C1Oc2ccc(C(C)(C)CC)cc2N1CCCCS(=O)(=O)[O-]. The zero-order chi connectivity index (χ0) is 36.2. The first-order chi connectivity index (χ1) is 22.9. The van der Waals surface area contributed by atoms with Gasteiger partial charge >= 0.3 is 5.89 Å². The number of allylic oxidation sites excluding steroid dienone is 2. The van der Waals surface area contributed by atoms with E-state index >= 15 is 0 Å². The van der Waals surface area contributed by atoms with Crippen LogP contribution in [0.4, 0.5) is 5.69 Å². The molecule has 1 aliphatic rings. The van der Waals surface area contributed by atoms with Crippen LogP contribution >= 0.6 is 0 Å². The third kappa shape index (κ3) is 9.96. The molecule has 0 aliphatic carbocycles. The zero-order valence-electron chi connectivity index (χ0n) is 29.9. The summed E-state index contributed by atoms with van der Waals surface area (Å²) >= 11 is 0. The molecule has 0 N–H and O–H groups in total. The van der Waals surface area contributed by atoms with Crippen molar-refractivity contribution >= 4 is 43.1 Å². The lowest BCUT2D eigenvalue weighted by Crippen LogP contribution is -2.36. The van der Waals surface area contributed by atoms with Crippen LogP contribution in [0.3, 0.4) is 0 Å². The van der Waals surface area contributed by atoms with E-state index in [4.69, 9.17) is 9.15 Å². The molecule has 1 aromatic heterocycles. The maximum atomic E-state index is 11.3. The Bertz CT molecular complexity index is 1920. The Morgan fingerprint density at radius 3 is 2.02 bits per heavy atom. The van der Waals surface area contributed by atoms with Gasteiger partial charge in [-0.15, -0.1) is 0 Å². The molecular formula is C37H51N2O8S2-. The van der Waals surface area contributed by atoms with Crippen molar-refractivity contribution in [2.45, 2.75) is 111 Å². The van der Waals surface area contributed by atoms with Gasteiger partial charge in [0.05, 0.1) is 32.0 Å². The minimum atomic E-state index is -4.31. The summed E-state index contributed by atoms with van der Waals surface area (Å²) < 4.78 is 82.5. The molecule has 3 aromatic rings. The topological polar surface area (TPSA) is 144 Å². The first-order valence-corrected chi connectivity index (χ1v) is 20.4. The van der Waals surface area contributed by atoms with Crippen LogP contribution in [0.1, 0.15) is 110 Å². The number of nitrogens with zero attached hydrogens (tertiary/aromatic N) is 2. The molecule has 0 unspecified atom stereocenters. The second-order valence-corrected chi connectivity index (χ2v) is 17.2. The molecule has 0 amide bonds. The van der Waals surface area contributed by atoms with E-state index in [1.54, 1.807) is 0 Å². The maximum absolute atomic E-state index is 11.3. The van der Waals surface area contributed by atoms with Crippen molar-refractivity contribution in [3.05, 3.63) is 70.9 Å². The van der Waals surface area contributed by atoms with Crippen LogP contribution in [0.2, 0.25) is 0 Å². The summed E-state index contributed by atoms with van der Waals surface area (Å²) in [5.74, 6) is 1.05. The molecule has 0 saturated heterocycles. The lowest BCUT2D eigenvalue weighted by Gasteiger charge is -2.25. The quantitative estimate of drug-likeness (QED) is 0.0800. The van der Waals surface area contributed by atoms with Crippen molar-refractivity contribution in [2.75, 3.05) is 23.0 Å². The van der Waals surface area contributed by atoms with E-state index in [2.05, 4.69) is 65.8 Å². The molecule has 2 aromatic carbocycles. The molecule has 49 heavy (non-hydrogen) atoms. The van der Waals surface area contributed by atoms with Crippen LogP contribution in [0.15, 0.2) is 58.3 Å². The van der Waals surface area contributed by atoms with Gasteiger partial charge < -0.3 is 23.2 Å². The van der Waals surface area contributed by atoms with Crippen LogP contribution < -0.4 is 14.2 Å². The minimum absolute atomic E-state index is 0.0582. The molecular weight excluding hydrogens is 665 g/mol. The predicted octanol–water partition coefficient (Wildman–Crippen LogP) is 7.28. The number of hydrogen-bond donors (Lipinski definition) is 0. The number of fused-ring (bicyclic) bond motifs is 2. The molecule has 0 saturated carbocycles. The second-order valence-electron chi connectivity index (χ2n) is 14.2. The van der Waals surface area contributed by atoms with E-state index in [1.165, 1.54) is 0 Å². The first kappa shape index (κ1) is 38.6. The molecule has 0 fully saturated rings. The normalized spacial score (nSPS) is 15.3. The molecule has 0 radical (unpaired) electrons. The van der Waals surface area contributed by atoms with Gasteiger partial charge in [0.25, 0.3) is 5.52 Å². The summed E-state index contributed by atoms with van der Waals surface area (Å²) in [5, 5.41) is 0. The Morgan fingerprint density at radius 2 is 1.43 bits per heavy atom. The van der Waals surface area contributed by atoms with Crippen molar-refractivity contribution in [1.82, 2.24) is 0 Å². The third-order valence-corrected chi connectivity index (χ3v) is 11.4. The minimum Gasteiger partial charge on any atom is -0.748 e. The summed E-state index contributed by atoms with van der Waals surface area (Å²) in [7, 11) is -8.61. The smallest absolute Gasteiger partial charge is 0.374 e. The Hall–Kier alpha value is -3.19. The number of anilines is 1. The standard InChI is InChI=1S/C37H52N2O8S2/c1-8-27(23-34-38(19-11-13-21-48(40,41)42)30-25-28(36(4,5)9-2)15-17-32(30)46-34)24-35-39(20-12-14-22-49(43,44)45)31-26-29(37(6,7)10-3)16-18-33(31)47-35/h15-18,23-26H,8-14,19-22H2,1-7H3,(H-,40,41,42,43,44,45)/p-1. The van der Waals surface area contributed by atoms with Crippen LogP contribution in [0.25, 0.3) is 17.2 Å². The van der Waals surface area contributed by atoms with Crippen molar-refractivity contribution < 1.29 is 39.7 Å². The van der Waals surface area contributed by atoms with Crippen molar-refractivity contribution in [3.63, 3.8) is 0 Å². The molecule has 10 nitrogen and oxygen atoms in total. The van der Waals surface area contributed by atoms with Gasteiger partial charge in [-0.2, -0.15) is 4.57 Å². The fraction of sp³-hybridized carbons (Fsp3) is 0.541. The van der Waals surface area contributed by atoms with Gasteiger partial charge in [-0.25, -0.2) is 16.8 Å². The largest absolute Gasteiger partial charge is 0.748 e. The molecule has 0 spiro atoms. The van der Waals surface area contributed by atoms with Gasteiger partial charge in [0.15, 0.2) is 12.3 Å². The van der Waals surface area contributed by atoms with Gasteiger partial charge in [0, 0.05) is 36.6 Å². The molecule has 0 atom stereocenters. The zero-order valence-corrected chi connectivity index (χ0v) is 31.5. The molecule has 0 bridgehead atoms. The highest BCUT2D eigenvalue weighted by Gasteiger charge is 2.30. The summed E-state index contributed by atoms with van der Waals surface area (Å²) in [6.07, 6.45) is 7.89. The number of aromatic nitrogens is 1. The highest BCUT2D eigenvalue weighted by molar-refractivity contribution is 7.85. The molecule has 1 aliphatic heterocycles. The van der Waals surface area contributed by atoms with Crippen LogP contribution in [0.5, 0.6) is 5.75 Å². The molecule has 4 rings (SSSR count). The Balaban J connectivity index is 1.76. The van der Waals surface area contributed by atoms with E-state index in [-0.39, 0.29) is 23.7 Å². The monoisotopic (exact) mass is 715 g/mol. The average molecular weight is 716 g/mol. The number of rotatable bonds is 17. The van der Waals surface area contributed by atoms with Gasteiger partial charge in [0.2, 0.25) is 11.5 Å². The summed E-state index contributed by atoms with van der Waals surface area (Å²) in [6.45, 7) is 16.0. The number of unbranched alkanes of at least 4 members (excludes halogenated alkanes) is 2. The molecule has 270 valence electrons. The second kappa shape index (κ2) is 15.4.